The van der Waals surface area contributed by atoms with Gasteiger partial charge in [-0.25, -0.2) is 4.98 Å². The van der Waals surface area contributed by atoms with Crippen molar-refractivity contribution >= 4 is 17.1 Å². The van der Waals surface area contributed by atoms with E-state index in [1.807, 2.05) is 37.3 Å². The Morgan fingerprint density at radius 2 is 2.04 bits per heavy atom. The third-order valence-electron chi connectivity index (χ3n) is 4.80. The molecule has 0 amide bonds. The number of aromatic nitrogens is 2. The topological polar surface area (TPSA) is 61.2 Å². The van der Waals surface area contributed by atoms with Gasteiger partial charge in [0.1, 0.15) is 5.75 Å². The number of ether oxygens (including phenoxy) is 1. The maximum atomic E-state index is 12.6. The second-order valence-corrected chi connectivity index (χ2v) is 8.12. The van der Waals surface area contributed by atoms with E-state index in [0.717, 1.165) is 5.56 Å². The molecule has 1 aliphatic carbocycles. The first-order chi connectivity index (χ1) is 13.6. The van der Waals surface area contributed by atoms with Crippen molar-refractivity contribution in [2.24, 2.45) is 5.92 Å². The van der Waals surface area contributed by atoms with Crippen LogP contribution in [0.15, 0.2) is 53.5 Å². The van der Waals surface area contributed by atoms with Crippen LogP contribution in [0, 0.1) is 12.8 Å². The summed E-state index contributed by atoms with van der Waals surface area (Å²) in [5, 5.41) is 0.513. The molecule has 3 aromatic rings. The van der Waals surface area contributed by atoms with Gasteiger partial charge in [0, 0.05) is 18.7 Å². The van der Waals surface area contributed by atoms with Crippen molar-refractivity contribution in [1.82, 2.24) is 9.55 Å². The van der Waals surface area contributed by atoms with E-state index in [-0.39, 0.29) is 11.3 Å². The maximum absolute atomic E-state index is 12.6. The van der Waals surface area contributed by atoms with Gasteiger partial charge in [-0.3, -0.25) is 14.2 Å². The Hall–Kier alpha value is -2.73. The van der Waals surface area contributed by atoms with Crippen LogP contribution in [0.3, 0.4) is 0 Å². The van der Waals surface area contributed by atoms with Crippen LogP contribution >= 0.6 is 11.3 Å². The van der Waals surface area contributed by atoms with Crippen LogP contribution in [0.5, 0.6) is 5.75 Å². The van der Waals surface area contributed by atoms with E-state index in [9.17, 15) is 9.59 Å². The lowest BCUT2D eigenvalue weighted by atomic mass is 10.1. The number of Topliss-reactive ketones (excluding diaryl/α,β-unsaturated/α-hetero) is 1. The summed E-state index contributed by atoms with van der Waals surface area (Å²) in [6.45, 7) is 2.48. The molecule has 0 N–H and O–H groups in total. The van der Waals surface area contributed by atoms with Gasteiger partial charge in [0.25, 0.3) is 5.56 Å². The normalized spacial score (nSPS) is 13.5. The number of carbonyl (C=O) groups is 1. The van der Waals surface area contributed by atoms with Crippen molar-refractivity contribution in [3.63, 3.8) is 0 Å². The summed E-state index contributed by atoms with van der Waals surface area (Å²) in [7, 11) is 0. The Labute approximate surface area is 167 Å². The highest BCUT2D eigenvalue weighted by Crippen LogP contribution is 2.29. The number of nitrogens with zero attached hydrogens (tertiary/aromatic N) is 2. The van der Waals surface area contributed by atoms with Crippen LogP contribution in [-0.4, -0.2) is 21.9 Å². The van der Waals surface area contributed by atoms with E-state index >= 15 is 0 Å². The Morgan fingerprint density at radius 3 is 2.75 bits per heavy atom. The summed E-state index contributed by atoms with van der Waals surface area (Å²) in [6.07, 6.45) is 5.20. The summed E-state index contributed by atoms with van der Waals surface area (Å²) in [4.78, 5) is 30.2. The SMILES string of the molecule is Cc1nc(-n2ccc(OCC3CC3)cc2=O)sc1C(=O)CCc1ccccc1. The molecule has 4 rings (SSSR count). The quantitative estimate of drug-likeness (QED) is 0.537. The molecule has 0 spiro atoms. The lowest BCUT2D eigenvalue weighted by Gasteiger charge is -2.06. The molecule has 0 radical (unpaired) electrons. The predicted octanol–water partition coefficient (Wildman–Crippen LogP) is 4.21. The molecule has 0 saturated heterocycles. The van der Waals surface area contributed by atoms with Crippen LogP contribution < -0.4 is 10.3 Å². The fourth-order valence-electron chi connectivity index (χ4n) is 2.97. The summed E-state index contributed by atoms with van der Waals surface area (Å²) >= 11 is 1.27. The van der Waals surface area contributed by atoms with Crippen molar-refractivity contribution in [3.05, 3.63) is 75.1 Å². The molecule has 5 nitrogen and oxygen atoms in total. The van der Waals surface area contributed by atoms with E-state index in [1.54, 1.807) is 12.3 Å². The molecule has 0 atom stereocenters. The molecule has 1 aromatic carbocycles. The smallest absolute Gasteiger partial charge is 0.260 e. The van der Waals surface area contributed by atoms with Gasteiger partial charge in [0.05, 0.1) is 17.2 Å². The number of rotatable bonds is 8. The second-order valence-electron chi connectivity index (χ2n) is 7.14. The Balaban J connectivity index is 1.47. The van der Waals surface area contributed by atoms with E-state index in [2.05, 4.69) is 4.98 Å². The van der Waals surface area contributed by atoms with Gasteiger partial charge >= 0.3 is 0 Å². The van der Waals surface area contributed by atoms with E-state index in [4.69, 9.17) is 4.74 Å². The molecule has 0 bridgehead atoms. The number of ketones is 1. The molecular formula is C22H22N2O3S. The highest BCUT2D eigenvalue weighted by Gasteiger charge is 2.22. The predicted molar refractivity (Wildman–Crippen MR) is 110 cm³/mol. The number of thiazole rings is 1. The minimum absolute atomic E-state index is 0.0579. The summed E-state index contributed by atoms with van der Waals surface area (Å²) < 4.78 is 7.13. The zero-order valence-corrected chi connectivity index (χ0v) is 16.6. The molecule has 144 valence electrons. The summed E-state index contributed by atoms with van der Waals surface area (Å²) in [5.74, 6) is 1.27. The van der Waals surface area contributed by atoms with Gasteiger partial charge in [0.15, 0.2) is 10.9 Å². The van der Waals surface area contributed by atoms with Crippen LogP contribution in [-0.2, 0) is 6.42 Å². The van der Waals surface area contributed by atoms with Gasteiger partial charge in [0.2, 0.25) is 0 Å². The average molecular weight is 394 g/mol. The zero-order valence-electron chi connectivity index (χ0n) is 15.8. The number of carbonyl (C=O) groups excluding carboxylic acids is 1. The standard InChI is InChI=1S/C22H22N2O3S/c1-15-21(19(25)10-9-16-5-3-2-4-6-16)28-22(23-15)24-12-11-18(13-20(24)26)27-14-17-7-8-17/h2-6,11-13,17H,7-10,14H2,1H3. The number of pyridine rings is 1. The molecule has 1 aliphatic rings. The van der Waals surface area contributed by atoms with Crippen LogP contribution in [0.25, 0.3) is 5.13 Å². The van der Waals surface area contributed by atoms with Crippen LogP contribution in [0.1, 0.15) is 40.2 Å². The molecule has 0 aliphatic heterocycles. The molecule has 2 heterocycles. The molecular weight excluding hydrogens is 372 g/mol. The van der Waals surface area contributed by atoms with E-state index in [1.165, 1.54) is 34.8 Å². The van der Waals surface area contributed by atoms with Crippen molar-refractivity contribution in [3.8, 4) is 10.9 Å². The Bertz CT molecular complexity index is 1040. The van der Waals surface area contributed by atoms with Crippen molar-refractivity contribution in [1.29, 1.82) is 0 Å². The Morgan fingerprint density at radius 1 is 1.25 bits per heavy atom. The monoisotopic (exact) mass is 394 g/mol. The van der Waals surface area contributed by atoms with Gasteiger partial charge in [-0.05, 0) is 43.7 Å². The van der Waals surface area contributed by atoms with Crippen molar-refractivity contribution < 1.29 is 9.53 Å². The second kappa shape index (κ2) is 8.10. The average Bonchev–Trinajstić information content (AvgIpc) is 3.46. The molecule has 2 aromatic heterocycles. The van der Waals surface area contributed by atoms with Gasteiger partial charge in [-0.2, -0.15) is 0 Å². The van der Waals surface area contributed by atoms with Crippen molar-refractivity contribution in [2.45, 2.75) is 32.6 Å². The van der Waals surface area contributed by atoms with Gasteiger partial charge in [-0.15, -0.1) is 0 Å². The number of hydrogen-bond acceptors (Lipinski definition) is 5. The lowest BCUT2D eigenvalue weighted by molar-refractivity contribution is 0.0986. The van der Waals surface area contributed by atoms with Crippen molar-refractivity contribution in [2.75, 3.05) is 6.61 Å². The first kappa shape index (κ1) is 18.6. The van der Waals surface area contributed by atoms with Gasteiger partial charge in [-0.1, -0.05) is 41.7 Å². The maximum Gasteiger partial charge on any atom is 0.260 e. The summed E-state index contributed by atoms with van der Waals surface area (Å²) in [5.41, 5.74) is 1.60. The molecule has 6 heteroatoms. The first-order valence-corrected chi connectivity index (χ1v) is 10.3. The third-order valence-corrected chi connectivity index (χ3v) is 6.00. The zero-order chi connectivity index (χ0) is 19.5. The van der Waals surface area contributed by atoms with Gasteiger partial charge < -0.3 is 4.74 Å². The third kappa shape index (κ3) is 4.39. The number of hydrogen-bond donors (Lipinski definition) is 0. The van der Waals surface area contributed by atoms with E-state index < -0.39 is 0 Å². The largest absolute Gasteiger partial charge is 0.493 e. The minimum Gasteiger partial charge on any atom is -0.493 e. The molecule has 1 fully saturated rings. The lowest BCUT2D eigenvalue weighted by Crippen LogP contribution is -2.16. The highest BCUT2D eigenvalue weighted by molar-refractivity contribution is 7.16. The van der Waals surface area contributed by atoms with Crippen LogP contribution in [0.2, 0.25) is 0 Å². The summed E-state index contributed by atoms with van der Waals surface area (Å²) in [6, 6.07) is 13.2. The minimum atomic E-state index is -0.203. The van der Waals surface area contributed by atoms with Crippen LogP contribution in [0.4, 0.5) is 0 Å². The fourth-order valence-corrected chi connectivity index (χ4v) is 3.99. The fraction of sp³-hybridized carbons (Fsp3) is 0.318. The highest BCUT2D eigenvalue weighted by atomic mass is 32.1. The first-order valence-electron chi connectivity index (χ1n) is 9.50. The number of aryl methyl sites for hydroxylation is 2. The molecule has 28 heavy (non-hydrogen) atoms. The van der Waals surface area contributed by atoms with E-state index in [0.29, 0.717) is 46.8 Å². The Kier molecular flexibility index (Phi) is 5.39. The number of benzene rings is 1. The molecule has 0 unspecified atom stereocenters. The molecule has 1 saturated carbocycles.